The minimum absolute atomic E-state index is 0.0833. The summed E-state index contributed by atoms with van der Waals surface area (Å²) < 4.78 is 10.4. The lowest BCUT2D eigenvalue weighted by atomic mass is 10.1. The summed E-state index contributed by atoms with van der Waals surface area (Å²) in [6.45, 7) is 4.21. The first kappa shape index (κ1) is 15.5. The van der Waals surface area contributed by atoms with Crippen molar-refractivity contribution in [2.45, 2.75) is 13.0 Å². The molecule has 5 heteroatoms. The molecule has 3 N–H and O–H groups in total. The van der Waals surface area contributed by atoms with Crippen LogP contribution in [0.15, 0.2) is 24.3 Å². The Kier molecular flexibility index (Phi) is 6.32. The van der Waals surface area contributed by atoms with E-state index in [9.17, 15) is 0 Å². The lowest BCUT2D eigenvalue weighted by Gasteiger charge is -2.31. The molecule has 19 heavy (non-hydrogen) atoms. The van der Waals surface area contributed by atoms with Crippen molar-refractivity contribution < 1.29 is 9.47 Å². The second kappa shape index (κ2) is 7.76. The van der Waals surface area contributed by atoms with Gasteiger partial charge in [0.1, 0.15) is 5.84 Å². The topological polar surface area (TPSA) is 71.6 Å². The Hall–Kier alpha value is -1.59. The zero-order chi connectivity index (χ0) is 14.3. The number of nitrogens with zero attached hydrogens (tertiary/aromatic N) is 1. The number of nitrogens with two attached hydrogens (primary N) is 1. The number of rotatable bonds is 8. The standard InChI is InChI=1S/C14H23N3O2/c1-11(10-19-3)17(8-9-18-2)13-6-4-12(5-7-13)14(15)16/h4-7,11H,8-10H2,1-3H3,(H3,15,16). The zero-order valence-electron chi connectivity index (χ0n) is 11.8. The average Bonchev–Trinajstić information content (AvgIpc) is 2.40. The third-order valence-corrected chi connectivity index (χ3v) is 2.99. The normalized spacial score (nSPS) is 12.2. The Balaban J connectivity index is 2.86. The van der Waals surface area contributed by atoms with E-state index in [1.54, 1.807) is 14.2 Å². The van der Waals surface area contributed by atoms with Crippen LogP contribution in [-0.2, 0) is 9.47 Å². The van der Waals surface area contributed by atoms with Gasteiger partial charge in [-0.25, -0.2) is 0 Å². The molecule has 5 nitrogen and oxygen atoms in total. The molecule has 0 aliphatic carbocycles. The number of amidine groups is 1. The van der Waals surface area contributed by atoms with E-state index in [1.807, 2.05) is 24.3 Å². The molecule has 0 aliphatic rings. The molecular weight excluding hydrogens is 242 g/mol. The van der Waals surface area contributed by atoms with Crippen molar-refractivity contribution in [2.75, 3.05) is 38.9 Å². The van der Waals surface area contributed by atoms with Gasteiger partial charge < -0.3 is 20.1 Å². The second-order valence-corrected chi connectivity index (χ2v) is 4.45. The number of nitrogens with one attached hydrogen (secondary N) is 1. The van der Waals surface area contributed by atoms with Crippen LogP contribution in [0.2, 0.25) is 0 Å². The molecule has 0 saturated carbocycles. The maximum Gasteiger partial charge on any atom is 0.122 e. The number of benzene rings is 1. The monoisotopic (exact) mass is 265 g/mol. The number of hydrogen-bond acceptors (Lipinski definition) is 4. The molecule has 0 fully saturated rings. The van der Waals surface area contributed by atoms with E-state index in [0.29, 0.717) is 13.2 Å². The molecule has 0 spiro atoms. The lowest BCUT2D eigenvalue weighted by Crippen LogP contribution is -2.38. The van der Waals surface area contributed by atoms with E-state index in [1.165, 1.54) is 0 Å². The van der Waals surface area contributed by atoms with Crippen LogP contribution >= 0.6 is 0 Å². The van der Waals surface area contributed by atoms with Gasteiger partial charge in [-0.3, -0.25) is 5.41 Å². The zero-order valence-corrected chi connectivity index (χ0v) is 11.8. The van der Waals surface area contributed by atoms with Crippen molar-refractivity contribution >= 4 is 11.5 Å². The minimum Gasteiger partial charge on any atom is -0.384 e. The van der Waals surface area contributed by atoms with Gasteiger partial charge in [0.05, 0.1) is 13.2 Å². The summed E-state index contributed by atoms with van der Waals surface area (Å²) in [5, 5.41) is 7.40. The maximum absolute atomic E-state index is 7.40. The molecule has 0 aliphatic heterocycles. The molecule has 0 amide bonds. The highest BCUT2D eigenvalue weighted by atomic mass is 16.5. The smallest absolute Gasteiger partial charge is 0.122 e. The van der Waals surface area contributed by atoms with Crippen molar-refractivity contribution in [1.82, 2.24) is 0 Å². The lowest BCUT2D eigenvalue weighted by molar-refractivity contribution is 0.171. The second-order valence-electron chi connectivity index (χ2n) is 4.45. The van der Waals surface area contributed by atoms with Crippen LogP contribution < -0.4 is 10.6 Å². The molecule has 0 saturated heterocycles. The van der Waals surface area contributed by atoms with Crippen molar-refractivity contribution in [1.29, 1.82) is 5.41 Å². The summed E-state index contributed by atoms with van der Waals surface area (Å²) in [6, 6.07) is 7.91. The molecule has 1 unspecified atom stereocenters. The summed E-state index contributed by atoms with van der Waals surface area (Å²) in [4.78, 5) is 2.22. The predicted octanol–water partition coefficient (Wildman–Crippen LogP) is 1.46. The predicted molar refractivity (Wildman–Crippen MR) is 78.0 cm³/mol. The molecule has 1 aromatic carbocycles. The van der Waals surface area contributed by atoms with Gasteiger partial charge in [-0.15, -0.1) is 0 Å². The van der Waals surface area contributed by atoms with E-state index in [0.717, 1.165) is 17.8 Å². The highest BCUT2D eigenvalue weighted by Crippen LogP contribution is 2.18. The first-order valence-electron chi connectivity index (χ1n) is 6.29. The summed E-state index contributed by atoms with van der Waals surface area (Å²) in [6.07, 6.45) is 0. The fourth-order valence-corrected chi connectivity index (χ4v) is 1.96. The molecular formula is C14H23N3O2. The van der Waals surface area contributed by atoms with Gasteiger partial charge in [0.25, 0.3) is 0 Å². The van der Waals surface area contributed by atoms with Crippen LogP contribution in [0, 0.1) is 5.41 Å². The van der Waals surface area contributed by atoms with Gasteiger partial charge in [-0.1, -0.05) is 0 Å². The van der Waals surface area contributed by atoms with Crippen LogP contribution in [0.4, 0.5) is 5.69 Å². The molecule has 0 heterocycles. The number of methoxy groups -OCH3 is 2. The van der Waals surface area contributed by atoms with Crippen molar-refractivity contribution in [3.63, 3.8) is 0 Å². The summed E-state index contributed by atoms with van der Waals surface area (Å²) in [7, 11) is 3.39. The van der Waals surface area contributed by atoms with Gasteiger partial charge in [0, 0.05) is 38.1 Å². The van der Waals surface area contributed by atoms with E-state index in [4.69, 9.17) is 20.6 Å². The summed E-state index contributed by atoms with van der Waals surface area (Å²) in [5.74, 6) is 0.0833. The Bertz CT molecular complexity index is 392. The van der Waals surface area contributed by atoms with Crippen molar-refractivity contribution in [3.05, 3.63) is 29.8 Å². The minimum atomic E-state index is 0.0833. The van der Waals surface area contributed by atoms with Gasteiger partial charge in [0.2, 0.25) is 0 Å². The number of ether oxygens (including phenoxy) is 2. The SMILES string of the molecule is COCCN(c1ccc(C(=N)N)cc1)C(C)COC. The maximum atomic E-state index is 7.40. The molecule has 0 bridgehead atoms. The Morgan fingerprint density at radius 3 is 2.37 bits per heavy atom. The molecule has 106 valence electrons. The largest absolute Gasteiger partial charge is 0.384 e. The van der Waals surface area contributed by atoms with Gasteiger partial charge >= 0.3 is 0 Å². The van der Waals surface area contributed by atoms with E-state index < -0.39 is 0 Å². The van der Waals surface area contributed by atoms with Crippen molar-refractivity contribution in [2.24, 2.45) is 5.73 Å². The van der Waals surface area contributed by atoms with Crippen LogP contribution in [0.1, 0.15) is 12.5 Å². The highest BCUT2D eigenvalue weighted by molar-refractivity contribution is 5.95. The number of nitrogen functional groups attached to an aromatic ring is 1. The fraction of sp³-hybridized carbons (Fsp3) is 0.500. The van der Waals surface area contributed by atoms with Crippen LogP contribution in [0.5, 0.6) is 0 Å². The number of hydrogen-bond donors (Lipinski definition) is 2. The Morgan fingerprint density at radius 2 is 1.89 bits per heavy atom. The highest BCUT2D eigenvalue weighted by Gasteiger charge is 2.14. The molecule has 1 rings (SSSR count). The Labute approximate surface area is 114 Å². The molecule has 0 radical (unpaired) electrons. The molecule has 1 atom stereocenters. The average molecular weight is 265 g/mol. The van der Waals surface area contributed by atoms with Gasteiger partial charge in [-0.05, 0) is 31.2 Å². The third kappa shape index (κ3) is 4.54. The summed E-state index contributed by atoms with van der Waals surface area (Å²) >= 11 is 0. The Morgan fingerprint density at radius 1 is 1.26 bits per heavy atom. The third-order valence-electron chi connectivity index (χ3n) is 2.99. The van der Waals surface area contributed by atoms with Crippen LogP contribution in [-0.4, -0.2) is 45.9 Å². The quantitative estimate of drug-likeness (QED) is 0.551. The van der Waals surface area contributed by atoms with Gasteiger partial charge in [-0.2, -0.15) is 0 Å². The molecule has 0 aromatic heterocycles. The first-order chi connectivity index (χ1) is 9.10. The van der Waals surface area contributed by atoms with E-state index in [2.05, 4.69) is 11.8 Å². The summed E-state index contributed by atoms with van der Waals surface area (Å²) in [5.41, 5.74) is 7.26. The van der Waals surface area contributed by atoms with Crippen LogP contribution in [0.3, 0.4) is 0 Å². The first-order valence-corrected chi connectivity index (χ1v) is 6.29. The number of anilines is 1. The van der Waals surface area contributed by atoms with E-state index >= 15 is 0 Å². The van der Waals surface area contributed by atoms with E-state index in [-0.39, 0.29) is 11.9 Å². The van der Waals surface area contributed by atoms with Crippen LogP contribution in [0.25, 0.3) is 0 Å². The fourth-order valence-electron chi connectivity index (χ4n) is 1.96. The van der Waals surface area contributed by atoms with Gasteiger partial charge in [0.15, 0.2) is 0 Å². The van der Waals surface area contributed by atoms with Crippen molar-refractivity contribution in [3.8, 4) is 0 Å². The molecule has 1 aromatic rings.